The van der Waals surface area contributed by atoms with Gasteiger partial charge in [-0.2, -0.15) is 0 Å². The molecule has 1 heterocycles. The summed E-state index contributed by atoms with van der Waals surface area (Å²) in [6, 6.07) is 6.47. The second-order valence-electron chi connectivity index (χ2n) is 4.85. The molecule has 0 spiro atoms. The first-order valence-electron chi connectivity index (χ1n) is 6.63. The minimum atomic E-state index is -0.321. The highest BCUT2D eigenvalue weighted by Crippen LogP contribution is 2.15. The van der Waals surface area contributed by atoms with Crippen molar-refractivity contribution in [3.05, 3.63) is 30.1 Å². The Kier molecular flexibility index (Phi) is 5.13. The van der Waals surface area contributed by atoms with Gasteiger partial charge in [0, 0.05) is 25.7 Å². The number of benzene rings is 1. The van der Waals surface area contributed by atoms with Crippen molar-refractivity contribution in [3.8, 4) is 5.75 Å². The molecule has 0 amide bonds. The third-order valence-electron chi connectivity index (χ3n) is 3.27. The summed E-state index contributed by atoms with van der Waals surface area (Å²) in [4.78, 5) is 2.23. The van der Waals surface area contributed by atoms with Crippen LogP contribution in [0, 0.1) is 5.82 Å². The molecular formula is C14H21FN2O2. The molecule has 5 heteroatoms. The number of rotatable bonds is 5. The van der Waals surface area contributed by atoms with Crippen molar-refractivity contribution in [1.29, 1.82) is 0 Å². The Hall–Kier alpha value is -1.17. The number of nitrogens with zero attached hydrogens (tertiary/aromatic N) is 1. The molecule has 2 rings (SSSR count). The predicted octanol–water partition coefficient (Wildman–Crippen LogP) is 1.25. The first kappa shape index (κ1) is 14.2. The fourth-order valence-corrected chi connectivity index (χ4v) is 2.10. The summed E-state index contributed by atoms with van der Waals surface area (Å²) in [6.07, 6.45) is 0.0715. The van der Waals surface area contributed by atoms with E-state index in [-0.39, 0.29) is 18.0 Å². The largest absolute Gasteiger partial charge is 0.489 e. The first-order chi connectivity index (χ1) is 9.16. The van der Waals surface area contributed by atoms with E-state index in [1.54, 1.807) is 18.2 Å². The quantitative estimate of drug-likeness (QED) is 0.873. The Balaban J connectivity index is 1.75. The third-order valence-corrected chi connectivity index (χ3v) is 3.27. The highest BCUT2D eigenvalue weighted by Gasteiger charge is 2.23. The van der Waals surface area contributed by atoms with Gasteiger partial charge in [-0.05, 0) is 19.1 Å². The minimum Gasteiger partial charge on any atom is -0.489 e. The van der Waals surface area contributed by atoms with Crippen molar-refractivity contribution in [2.45, 2.75) is 19.1 Å². The number of morpholine rings is 1. The van der Waals surface area contributed by atoms with Gasteiger partial charge in [0.25, 0.3) is 0 Å². The van der Waals surface area contributed by atoms with Gasteiger partial charge in [-0.15, -0.1) is 0 Å². The summed E-state index contributed by atoms with van der Waals surface area (Å²) in [5.41, 5.74) is 5.84. The summed E-state index contributed by atoms with van der Waals surface area (Å²) < 4.78 is 24.4. The molecular weight excluding hydrogens is 247 g/mol. The molecule has 106 valence electrons. The van der Waals surface area contributed by atoms with E-state index in [0.29, 0.717) is 19.0 Å². The Bertz CT molecular complexity index is 401. The second-order valence-corrected chi connectivity index (χ2v) is 4.85. The van der Waals surface area contributed by atoms with Gasteiger partial charge in [-0.3, -0.25) is 4.90 Å². The van der Waals surface area contributed by atoms with Gasteiger partial charge in [0.2, 0.25) is 0 Å². The molecule has 0 bridgehead atoms. The summed E-state index contributed by atoms with van der Waals surface area (Å²) in [5.74, 6) is -0.0163. The molecule has 1 fully saturated rings. The second kappa shape index (κ2) is 6.84. The topological polar surface area (TPSA) is 47.7 Å². The molecule has 1 aromatic rings. The lowest BCUT2D eigenvalue weighted by molar-refractivity contribution is -0.0402. The fraction of sp³-hybridized carbons (Fsp3) is 0.571. The molecule has 1 saturated heterocycles. The molecule has 1 aliphatic heterocycles. The summed E-state index contributed by atoms with van der Waals surface area (Å²) in [7, 11) is 0. The van der Waals surface area contributed by atoms with Gasteiger partial charge in [-0.25, -0.2) is 4.39 Å². The number of nitrogens with two attached hydrogens (primary N) is 1. The van der Waals surface area contributed by atoms with Gasteiger partial charge in [0.15, 0.2) is 11.6 Å². The van der Waals surface area contributed by atoms with Crippen molar-refractivity contribution in [2.24, 2.45) is 5.73 Å². The Labute approximate surface area is 113 Å². The van der Waals surface area contributed by atoms with E-state index in [2.05, 4.69) is 4.90 Å². The standard InChI is InChI=1S/C14H21FN2O2/c1-11(16)14-10-17(7-9-19-14)6-8-18-13-5-3-2-4-12(13)15/h2-5,11,14H,6-10,16H2,1H3. The average molecular weight is 268 g/mol. The van der Waals surface area contributed by atoms with E-state index < -0.39 is 0 Å². The zero-order valence-corrected chi connectivity index (χ0v) is 11.2. The van der Waals surface area contributed by atoms with E-state index in [4.69, 9.17) is 15.2 Å². The Morgan fingerprint density at radius 3 is 3.05 bits per heavy atom. The molecule has 2 N–H and O–H groups in total. The van der Waals surface area contributed by atoms with E-state index in [1.807, 2.05) is 6.92 Å². The lowest BCUT2D eigenvalue weighted by atomic mass is 10.1. The lowest BCUT2D eigenvalue weighted by Gasteiger charge is -2.34. The number of hydrogen-bond donors (Lipinski definition) is 1. The van der Waals surface area contributed by atoms with Crippen LogP contribution in [0.4, 0.5) is 4.39 Å². The molecule has 19 heavy (non-hydrogen) atoms. The van der Waals surface area contributed by atoms with Crippen LogP contribution < -0.4 is 10.5 Å². The number of halogens is 1. The van der Waals surface area contributed by atoms with Gasteiger partial charge in [0.05, 0.1) is 12.7 Å². The van der Waals surface area contributed by atoms with Crippen LogP contribution in [0.3, 0.4) is 0 Å². The van der Waals surface area contributed by atoms with Crippen LogP contribution in [0.15, 0.2) is 24.3 Å². The lowest BCUT2D eigenvalue weighted by Crippen LogP contribution is -2.50. The molecule has 0 saturated carbocycles. The van der Waals surface area contributed by atoms with Crippen LogP contribution in [0.2, 0.25) is 0 Å². The highest BCUT2D eigenvalue weighted by molar-refractivity contribution is 5.23. The molecule has 2 unspecified atom stereocenters. The van der Waals surface area contributed by atoms with Crippen molar-refractivity contribution >= 4 is 0 Å². The average Bonchev–Trinajstić information content (AvgIpc) is 2.41. The Morgan fingerprint density at radius 1 is 1.53 bits per heavy atom. The predicted molar refractivity (Wildman–Crippen MR) is 71.7 cm³/mol. The summed E-state index contributed by atoms with van der Waals surface area (Å²) in [6.45, 7) is 5.52. The number of hydrogen-bond acceptors (Lipinski definition) is 4. The molecule has 2 atom stereocenters. The van der Waals surface area contributed by atoms with Crippen LogP contribution in [-0.2, 0) is 4.74 Å². The van der Waals surface area contributed by atoms with Gasteiger partial charge in [0.1, 0.15) is 6.61 Å². The highest BCUT2D eigenvalue weighted by atomic mass is 19.1. The monoisotopic (exact) mass is 268 g/mol. The van der Waals surface area contributed by atoms with Gasteiger partial charge < -0.3 is 15.2 Å². The van der Waals surface area contributed by atoms with E-state index >= 15 is 0 Å². The van der Waals surface area contributed by atoms with Gasteiger partial charge in [-0.1, -0.05) is 12.1 Å². The fourth-order valence-electron chi connectivity index (χ4n) is 2.10. The van der Waals surface area contributed by atoms with E-state index in [1.165, 1.54) is 6.07 Å². The zero-order valence-electron chi connectivity index (χ0n) is 11.2. The van der Waals surface area contributed by atoms with Crippen LogP contribution in [0.25, 0.3) is 0 Å². The van der Waals surface area contributed by atoms with E-state index in [9.17, 15) is 4.39 Å². The third kappa shape index (κ3) is 4.16. The Morgan fingerprint density at radius 2 is 2.32 bits per heavy atom. The van der Waals surface area contributed by atoms with Crippen molar-refractivity contribution in [1.82, 2.24) is 4.90 Å². The maximum absolute atomic E-state index is 13.3. The summed E-state index contributed by atoms with van der Waals surface area (Å²) in [5, 5.41) is 0. The first-order valence-corrected chi connectivity index (χ1v) is 6.63. The van der Waals surface area contributed by atoms with Crippen LogP contribution >= 0.6 is 0 Å². The van der Waals surface area contributed by atoms with Crippen LogP contribution in [0.5, 0.6) is 5.75 Å². The van der Waals surface area contributed by atoms with Crippen molar-refractivity contribution in [2.75, 3.05) is 32.8 Å². The smallest absolute Gasteiger partial charge is 0.165 e. The normalized spacial score (nSPS) is 22.2. The van der Waals surface area contributed by atoms with Crippen molar-refractivity contribution in [3.63, 3.8) is 0 Å². The maximum atomic E-state index is 13.3. The number of para-hydroxylation sites is 1. The van der Waals surface area contributed by atoms with E-state index in [0.717, 1.165) is 19.6 Å². The van der Waals surface area contributed by atoms with Crippen LogP contribution in [-0.4, -0.2) is 49.9 Å². The molecule has 0 aromatic heterocycles. The van der Waals surface area contributed by atoms with Crippen molar-refractivity contribution < 1.29 is 13.9 Å². The molecule has 0 radical (unpaired) electrons. The molecule has 4 nitrogen and oxygen atoms in total. The SMILES string of the molecule is CC(N)C1CN(CCOc2ccccc2F)CCO1. The van der Waals surface area contributed by atoms with Gasteiger partial charge >= 0.3 is 0 Å². The summed E-state index contributed by atoms with van der Waals surface area (Å²) >= 11 is 0. The molecule has 1 aliphatic rings. The zero-order chi connectivity index (χ0) is 13.7. The molecule has 1 aromatic carbocycles. The van der Waals surface area contributed by atoms with Crippen LogP contribution in [0.1, 0.15) is 6.92 Å². The maximum Gasteiger partial charge on any atom is 0.165 e. The molecule has 0 aliphatic carbocycles. The number of ether oxygens (including phenoxy) is 2. The minimum absolute atomic E-state index is 0.0234.